The van der Waals surface area contributed by atoms with E-state index in [1.807, 2.05) is 53.4 Å². The third kappa shape index (κ3) is 3.45. The van der Waals surface area contributed by atoms with Crippen LogP contribution in [0, 0.1) is 0 Å². The maximum Gasteiger partial charge on any atom is 0.285 e. The minimum Gasteiger partial charge on any atom is -0.343 e. The summed E-state index contributed by atoms with van der Waals surface area (Å²) in [6, 6.07) is 21.6. The first kappa shape index (κ1) is 20.6. The van der Waals surface area contributed by atoms with Crippen LogP contribution in [0.5, 0.6) is 0 Å². The highest BCUT2D eigenvalue weighted by Gasteiger charge is 2.39. The molecule has 4 aromatic rings. The Morgan fingerprint density at radius 2 is 1.76 bits per heavy atom. The molecule has 0 aliphatic carbocycles. The topological polar surface area (TPSA) is 108 Å². The number of benzene rings is 3. The van der Waals surface area contributed by atoms with Crippen molar-refractivity contribution in [2.45, 2.75) is 23.8 Å². The number of sulfonamides is 1. The second kappa shape index (κ2) is 7.81. The minimum atomic E-state index is -3.74. The molecule has 2 aliphatic heterocycles. The summed E-state index contributed by atoms with van der Waals surface area (Å²) in [6.45, 7) is 0.575. The molecule has 0 unspecified atom stereocenters. The normalized spacial score (nSPS) is 18.6. The Hall–Kier alpha value is -3.98. The van der Waals surface area contributed by atoms with Crippen molar-refractivity contribution in [2.75, 3.05) is 11.9 Å². The molecule has 0 bridgehead atoms. The molecular formula is C25H21N5O3S. The van der Waals surface area contributed by atoms with Crippen molar-refractivity contribution in [1.82, 2.24) is 14.9 Å². The molecule has 2 aliphatic rings. The number of carbonyl (C=O) groups excluding carboxylic acids is 1. The van der Waals surface area contributed by atoms with Crippen LogP contribution in [-0.4, -0.2) is 47.6 Å². The first-order valence-electron chi connectivity index (χ1n) is 11.1. The number of aromatic nitrogens is 2. The quantitative estimate of drug-likeness (QED) is 0.473. The van der Waals surface area contributed by atoms with Gasteiger partial charge in [0, 0.05) is 23.4 Å². The van der Waals surface area contributed by atoms with Crippen molar-refractivity contribution in [2.24, 2.45) is 4.40 Å². The summed E-state index contributed by atoms with van der Waals surface area (Å²) in [4.78, 5) is 23.1. The largest absolute Gasteiger partial charge is 0.343 e. The van der Waals surface area contributed by atoms with Crippen molar-refractivity contribution in [3.63, 3.8) is 0 Å². The van der Waals surface area contributed by atoms with E-state index in [-0.39, 0.29) is 10.8 Å². The van der Waals surface area contributed by atoms with Crippen LogP contribution in [0.4, 0.5) is 5.69 Å². The highest BCUT2D eigenvalue weighted by Crippen LogP contribution is 2.31. The van der Waals surface area contributed by atoms with Gasteiger partial charge in [-0.15, -0.1) is 4.40 Å². The maximum atomic E-state index is 13.2. The van der Waals surface area contributed by atoms with Gasteiger partial charge in [-0.3, -0.25) is 4.79 Å². The Morgan fingerprint density at radius 3 is 2.59 bits per heavy atom. The highest BCUT2D eigenvalue weighted by molar-refractivity contribution is 7.90. The fraction of sp³-hybridized carbons (Fsp3) is 0.160. The summed E-state index contributed by atoms with van der Waals surface area (Å²) in [5.41, 5.74) is 4.00. The lowest BCUT2D eigenvalue weighted by atomic mass is 10.1. The van der Waals surface area contributed by atoms with Gasteiger partial charge in [-0.25, -0.2) is 4.98 Å². The molecule has 9 heteroatoms. The van der Waals surface area contributed by atoms with Crippen LogP contribution in [0.3, 0.4) is 0 Å². The number of fused-ring (bicyclic) bond motifs is 2. The molecule has 3 aromatic carbocycles. The highest BCUT2D eigenvalue weighted by atomic mass is 32.2. The third-order valence-corrected chi connectivity index (χ3v) is 7.58. The molecule has 1 aromatic heterocycles. The van der Waals surface area contributed by atoms with E-state index in [4.69, 9.17) is 0 Å². The lowest BCUT2D eigenvalue weighted by Crippen LogP contribution is -2.43. The first-order chi connectivity index (χ1) is 16.5. The summed E-state index contributed by atoms with van der Waals surface area (Å²) in [7, 11) is -3.74. The molecule has 34 heavy (non-hydrogen) atoms. The third-order valence-electron chi connectivity index (χ3n) is 6.26. The Morgan fingerprint density at radius 1 is 1.00 bits per heavy atom. The molecule has 1 saturated heterocycles. The van der Waals surface area contributed by atoms with E-state index >= 15 is 0 Å². The second-order valence-electron chi connectivity index (χ2n) is 8.41. The van der Waals surface area contributed by atoms with Gasteiger partial charge >= 0.3 is 0 Å². The average molecular weight is 472 g/mol. The van der Waals surface area contributed by atoms with E-state index in [9.17, 15) is 13.2 Å². The monoisotopic (exact) mass is 471 g/mol. The van der Waals surface area contributed by atoms with Gasteiger partial charge in [0.2, 0.25) is 5.91 Å². The van der Waals surface area contributed by atoms with Gasteiger partial charge in [0.1, 0.15) is 16.8 Å². The van der Waals surface area contributed by atoms with Crippen LogP contribution in [-0.2, 0) is 14.8 Å². The van der Waals surface area contributed by atoms with E-state index in [1.165, 1.54) is 0 Å². The van der Waals surface area contributed by atoms with Crippen molar-refractivity contribution in [3.05, 3.63) is 78.4 Å². The number of aromatic amines is 1. The van der Waals surface area contributed by atoms with E-state index < -0.39 is 16.1 Å². The Labute approximate surface area is 196 Å². The molecule has 1 fully saturated rings. The molecular weight excluding hydrogens is 450 g/mol. The number of carbonyl (C=O) groups is 1. The molecule has 1 atom stereocenters. The zero-order valence-corrected chi connectivity index (χ0v) is 18.9. The molecule has 3 heterocycles. The number of nitrogens with one attached hydrogen (secondary N) is 2. The van der Waals surface area contributed by atoms with E-state index in [0.717, 1.165) is 28.8 Å². The molecule has 8 nitrogen and oxygen atoms in total. The molecule has 0 saturated carbocycles. The van der Waals surface area contributed by atoms with E-state index in [2.05, 4.69) is 19.7 Å². The zero-order valence-electron chi connectivity index (χ0n) is 18.1. The molecule has 2 N–H and O–H groups in total. The van der Waals surface area contributed by atoms with Gasteiger partial charge in [0.25, 0.3) is 10.0 Å². The van der Waals surface area contributed by atoms with Gasteiger partial charge in [0.15, 0.2) is 5.84 Å². The fourth-order valence-electron chi connectivity index (χ4n) is 4.61. The molecule has 6 rings (SSSR count). The molecule has 1 amide bonds. The second-order valence-corrected chi connectivity index (χ2v) is 9.98. The van der Waals surface area contributed by atoms with Crippen molar-refractivity contribution in [1.29, 1.82) is 0 Å². The lowest BCUT2D eigenvalue weighted by Gasteiger charge is -2.25. The molecule has 0 spiro atoms. The van der Waals surface area contributed by atoms with E-state index in [0.29, 0.717) is 30.1 Å². The van der Waals surface area contributed by atoms with Gasteiger partial charge in [-0.1, -0.05) is 24.3 Å². The summed E-state index contributed by atoms with van der Waals surface area (Å²) in [5.74, 6) is 0.937. The van der Waals surface area contributed by atoms with Crippen LogP contribution in [0.15, 0.2) is 82.1 Å². The zero-order chi connectivity index (χ0) is 23.3. The predicted molar refractivity (Wildman–Crippen MR) is 130 cm³/mol. The minimum absolute atomic E-state index is 0.182. The fourth-order valence-corrected chi connectivity index (χ4v) is 5.83. The Bertz CT molecular complexity index is 1520. The average Bonchev–Trinajstić information content (AvgIpc) is 3.56. The van der Waals surface area contributed by atoms with Gasteiger partial charge in [0.05, 0.1) is 11.0 Å². The standard InChI is InChI=1S/C25H21N5O3S/c31-25(21-9-5-15-30(21)24-18-6-1-4-10-22(18)34(32,33)29-24)26-17-13-11-16(12-14-17)23-27-19-7-2-3-8-20(19)28-23/h1-4,6-8,10-14,21H,5,9,15H2,(H,26,31)(H,27,28)/t21-/m0/s1. The smallest absolute Gasteiger partial charge is 0.285 e. The summed E-state index contributed by atoms with van der Waals surface area (Å²) in [6.07, 6.45) is 1.41. The number of imidazole rings is 1. The summed E-state index contributed by atoms with van der Waals surface area (Å²) < 4.78 is 28.9. The maximum absolute atomic E-state index is 13.2. The number of amides is 1. The predicted octanol–water partition coefficient (Wildman–Crippen LogP) is 3.78. The Balaban J connectivity index is 1.21. The number of likely N-dealkylation sites (tertiary alicyclic amines) is 1. The summed E-state index contributed by atoms with van der Waals surface area (Å²) in [5, 5.41) is 2.97. The lowest BCUT2D eigenvalue weighted by molar-refractivity contribution is -0.119. The van der Waals surface area contributed by atoms with Crippen LogP contribution in [0.25, 0.3) is 22.4 Å². The Kier molecular flexibility index (Phi) is 4.73. The summed E-state index contributed by atoms with van der Waals surface area (Å²) >= 11 is 0. The van der Waals surface area contributed by atoms with Gasteiger partial charge in [-0.2, -0.15) is 8.42 Å². The van der Waals surface area contributed by atoms with E-state index in [1.54, 1.807) is 24.3 Å². The van der Waals surface area contributed by atoms with Crippen molar-refractivity contribution in [3.8, 4) is 11.4 Å². The number of hydrogen-bond acceptors (Lipinski definition) is 5. The number of amidine groups is 1. The van der Waals surface area contributed by atoms with Crippen molar-refractivity contribution >= 4 is 38.5 Å². The van der Waals surface area contributed by atoms with Gasteiger partial charge < -0.3 is 15.2 Å². The number of hydrogen-bond donors (Lipinski definition) is 2. The van der Waals surface area contributed by atoms with Gasteiger partial charge in [-0.05, 0) is 61.4 Å². The molecule has 0 radical (unpaired) electrons. The van der Waals surface area contributed by atoms with Crippen LogP contribution in [0.2, 0.25) is 0 Å². The number of rotatable bonds is 3. The number of nitrogens with zero attached hydrogens (tertiary/aromatic N) is 3. The number of para-hydroxylation sites is 2. The first-order valence-corrected chi connectivity index (χ1v) is 12.5. The SMILES string of the molecule is O=C(Nc1ccc(-c2nc3ccccc3[nH]2)cc1)[C@@H]1CCCN1C1=NS(=O)(=O)c2ccccc21. The molecule has 170 valence electrons. The van der Waals surface area contributed by atoms with Crippen LogP contribution < -0.4 is 5.32 Å². The van der Waals surface area contributed by atoms with Crippen molar-refractivity contribution < 1.29 is 13.2 Å². The number of H-pyrrole nitrogens is 1. The van der Waals surface area contributed by atoms with Crippen LogP contribution >= 0.6 is 0 Å². The number of anilines is 1. The van der Waals surface area contributed by atoms with Crippen LogP contribution in [0.1, 0.15) is 18.4 Å².